The maximum atomic E-state index is 13.9. The van der Waals surface area contributed by atoms with Crippen LogP contribution >= 0.6 is 11.6 Å². The number of hydrogen-bond donors (Lipinski definition) is 3. The number of benzene rings is 2. The van der Waals surface area contributed by atoms with Gasteiger partial charge in [-0.3, -0.25) is 19.4 Å². The highest BCUT2D eigenvalue weighted by molar-refractivity contribution is 6.31. The monoisotopic (exact) mass is 535 g/mol. The first-order chi connectivity index (χ1) is 18.4. The standard InChI is InChI=1S/C28H30ClN5O4/c1-30-15-17(13-16-9-11-31-26(16)35)32-27(36)25-19-5-3-6-21(29)18(19)10-12-34(25)28(37)23-14-20-22(33-23)7-4-8-24(20)38-2/h3-8,14,16-17,25,33H,1,9-13,15H2,2H3,(H,31,35)(H,32,36)/t16-,17-,25-/m0/s1. The Kier molecular flexibility index (Phi) is 7.37. The quantitative estimate of drug-likeness (QED) is 0.384. The molecule has 1 saturated heterocycles. The van der Waals surface area contributed by atoms with Gasteiger partial charge >= 0.3 is 0 Å². The van der Waals surface area contributed by atoms with Crippen LogP contribution in [0.25, 0.3) is 10.9 Å². The lowest BCUT2D eigenvalue weighted by atomic mass is 9.91. The van der Waals surface area contributed by atoms with Gasteiger partial charge in [-0.2, -0.15) is 0 Å². The first-order valence-corrected chi connectivity index (χ1v) is 13.0. The molecule has 3 atom stereocenters. The second kappa shape index (κ2) is 10.9. The minimum absolute atomic E-state index is 0.0193. The fraction of sp³-hybridized carbons (Fsp3) is 0.357. The van der Waals surface area contributed by atoms with Crippen molar-refractivity contribution in [3.63, 3.8) is 0 Å². The van der Waals surface area contributed by atoms with Gasteiger partial charge in [0.2, 0.25) is 11.8 Å². The number of aromatic nitrogens is 1. The Morgan fingerprint density at radius 3 is 2.84 bits per heavy atom. The van der Waals surface area contributed by atoms with E-state index in [0.29, 0.717) is 54.4 Å². The van der Waals surface area contributed by atoms with E-state index in [2.05, 4.69) is 27.3 Å². The topological polar surface area (TPSA) is 116 Å². The van der Waals surface area contributed by atoms with Crippen molar-refractivity contribution >= 4 is 46.9 Å². The van der Waals surface area contributed by atoms with Crippen molar-refractivity contribution in [3.8, 4) is 5.75 Å². The summed E-state index contributed by atoms with van der Waals surface area (Å²) < 4.78 is 5.45. The molecule has 0 aliphatic carbocycles. The van der Waals surface area contributed by atoms with Gasteiger partial charge in [0, 0.05) is 41.0 Å². The summed E-state index contributed by atoms with van der Waals surface area (Å²) in [5, 5.41) is 7.24. The molecule has 38 heavy (non-hydrogen) atoms. The van der Waals surface area contributed by atoms with E-state index in [9.17, 15) is 14.4 Å². The van der Waals surface area contributed by atoms with E-state index in [0.717, 1.165) is 16.5 Å². The van der Waals surface area contributed by atoms with Crippen molar-refractivity contribution in [3.05, 3.63) is 64.3 Å². The summed E-state index contributed by atoms with van der Waals surface area (Å²) in [7, 11) is 1.58. The molecule has 0 saturated carbocycles. The normalized spacial score (nSPS) is 19.5. The number of aliphatic imine (C=N–C) groups is 1. The molecular weight excluding hydrogens is 506 g/mol. The van der Waals surface area contributed by atoms with E-state index in [1.165, 1.54) is 0 Å². The minimum atomic E-state index is -0.900. The van der Waals surface area contributed by atoms with Crippen molar-refractivity contribution in [1.82, 2.24) is 20.5 Å². The number of H-pyrrole nitrogens is 1. The van der Waals surface area contributed by atoms with E-state index in [1.807, 2.05) is 24.3 Å². The number of fused-ring (bicyclic) bond motifs is 2. The Hall–Kier alpha value is -3.85. The second-order valence-electron chi connectivity index (χ2n) is 9.69. The molecule has 2 aromatic carbocycles. The smallest absolute Gasteiger partial charge is 0.271 e. The van der Waals surface area contributed by atoms with Crippen LogP contribution in [0, 0.1) is 5.92 Å². The molecule has 2 aliphatic rings. The molecule has 3 amide bonds. The maximum absolute atomic E-state index is 13.9. The summed E-state index contributed by atoms with van der Waals surface area (Å²) in [5.74, 6) is -0.216. The first-order valence-electron chi connectivity index (χ1n) is 12.7. The summed E-state index contributed by atoms with van der Waals surface area (Å²) >= 11 is 6.51. The van der Waals surface area contributed by atoms with Gasteiger partial charge < -0.3 is 25.3 Å². The van der Waals surface area contributed by atoms with Crippen LogP contribution in [0.4, 0.5) is 0 Å². The highest BCUT2D eigenvalue weighted by Gasteiger charge is 2.39. The summed E-state index contributed by atoms with van der Waals surface area (Å²) in [4.78, 5) is 48.7. The third-order valence-corrected chi connectivity index (χ3v) is 7.73. The number of nitrogens with zero attached hydrogens (tertiary/aromatic N) is 2. The molecule has 198 valence electrons. The van der Waals surface area contributed by atoms with E-state index >= 15 is 0 Å². The number of halogens is 1. The van der Waals surface area contributed by atoms with Crippen LogP contribution in [0.5, 0.6) is 5.75 Å². The largest absolute Gasteiger partial charge is 0.496 e. The van der Waals surface area contributed by atoms with E-state index in [1.54, 1.807) is 30.2 Å². The van der Waals surface area contributed by atoms with Crippen molar-refractivity contribution in [2.24, 2.45) is 10.9 Å². The first kappa shape index (κ1) is 25.8. The Labute approximate surface area is 225 Å². The number of ether oxygens (including phenoxy) is 1. The van der Waals surface area contributed by atoms with Gasteiger partial charge in [0.25, 0.3) is 5.91 Å². The van der Waals surface area contributed by atoms with Gasteiger partial charge in [0.05, 0.1) is 13.7 Å². The van der Waals surface area contributed by atoms with Crippen molar-refractivity contribution in [2.75, 3.05) is 26.7 Å². The molecule has 0 unspecified atom stereocenters. The molecule has 1 aromatic heterocycles. The maximum Gasteiger partial charge on any atom is 0.271 e. The molecule has 2 aliphatic heterocycles. The van der Waals surface area contributed by atoms with Crippen LogP contribution in [-0.2, 0) is 16.0 Å². The van der Waals surface area contributed by atoms with Crippen LogP contribution in [0.2, 0.25) is 5.02 Å². The van der Waals surface area contributed by atoms with Gasteiger partial charge in [-0.25, -0.2) is 0 Å². The number of carbonyl (C=O) groups excluding carboxylic acids is 3. The van der Waals surface area contributed by atoms with Crippen LogP contribution in [0.1, 0.15) is 40.5 Å². The number of rotatable bonds is 8. The number of methoxy groups -OCH3 is 1. The zero-order valence-corrected chi connectivity index (χ0v) is 21.9. The number of hydrogen-bond acceptors (Lipinski definition) is 5. The SMILES string of the molecule is C=NC[C@H](C[C@@H]1CCNC1=O)NC(=O)[C@@H]1c2cccc(Cl)c2CCN1C(=O)c1cc2c(OC)cccc2[nH]1. The highest BCUT2D eigenvalue weighted by Crippen LogP contribution is 2.36. The minimum Gasteiger partial charge on any atom is -0.496 e. The van der Waals surface area contributed by atoms with Gasteiger partial charge in [0.15, 0.2) is 0 Å². The number of amides is 3. The predicted molar refractivity (Wildman–Crippen MR) is 146 cm³/mol. The molecule has 0 spiro atoms. The summed E-state index contributed by atoms with van der Waals surface area (Å²) in [5.41, 5.74) is 2.67. The molecule has 1 fully saturated rings. The van der Waals surface area contributed by atoms with Gasteiger partial charge in [-0.15, -0.1) is 0 Å². The van der Waals surface area contributed by atoms with E-state index in [4.69, 9.17) is 16.3 Å². The van der Waals surface area contributed by atoms with Crippen LogP contribution in [0.3, 0.4) is 0 Å². The third kappa shape index (κ3) is 4.86. The average molecular weight is 536 g/mol. The molecule has 3 aromatic rings. The highest BCUT2D eigenvalue weighted by atomic mass is 35.5. The Balaban J connectivity index is 1.47. The van der Waals surface area contributed by atoms with Crippen LogP contribution in [0.15, 0.2) is 47.5 Å². The van der Waals surface area contributed by atoms with Crippen molar-refractivity contribution < 1.29 is 19.1 Å². The molecular formula is C28H30ClN5O4. The number of aromatic amines is 1. The summed E-state index contributed by atoms with van der Waals surface area (Å²) in [6, 6.07) is 11.4. The average Bonchev–Trinajstić information content (AvgIpc) is 3.53. The second-order valence-corrected chi connectivity index (χ2v) is 10.1. The molecule has 9 nitrogen and oxygen atoms in total. The summed E-state index contributed by atoms with van der Waals surface area (Å²) in [6.45, 7) is 4.78. The predicted octanol–water partition coefficient (Wildman–Crippen LogP) is 3.28. The fourth-order valence-corrected chi connectivity index (χ4v) is 5.81. The third-order valence-electron chi connectivity index (χ3n) is 7.38. The molecule has 0 bridgehead atoms. The molecule has 10 heteroatoms. The number of carbonyl (C=O) groups is 3. The van der Waals surface area contributed by atoms with Gasteiger partial charge in [-0.05, 0) is 61.4 Å². The summed E-state index contributed by atoms with van der Waals surface area (Å²) in [6.07, 6.45) is 1.67. The lowest BCUT2D eigenvalue weighted by Gasteiger charge is -2.37. The van der Waals surface area contributed by atoms with Crippen molar-refractivity contribution in [1.29, 1.82) is 0 Å². The zero-order chi connectivity index (χ0) is 26.8. The van der Waals surface area contributed by atoms with E-state index < -0.39 is 12.1 Å². The molecule has 0 radical (unpaired) electrons. The fourth-order valence-electron chi connectivity index (χ4n) is 5.53. The van der Waals surface area contributed by atoms with Crippen LogP contribution in [-0.4, -0.2) is 67.1 Å². The Bertz CT molecular complexity index is 1400. The Morgan fingerprint density at radius 2 is 2.11 bits per heavy atom. The van der Waals surface area contributed by atoms with Gasteiger partial charge in [-0.1, -0.05) is 29.8 Å². The lowest BCUT2D eigenvalue weighted by molar-refractivity contribution is -0.128. The number of nitrogens with one attached hydrogen (secondary N) is 3. The molecule has 3 heterocycles. The molecule has 5 rings (SSSR count). The lowest BCUT2D eigenvalue weighted by Crippen LogP contribution is -2.50. The Morgan fingerprint density at radius 1 is 1.29 bits per heavy atom. The van der Waals surface area contributed by atoms with E-state index in [-0.39, 0.29) is 30.2 Å². The molecule has 3 N–H and O–H groups in total. The van der Waals surface area contributed by atoms with Crippen LogP contribution < -0.4 is 15.4 Å². The zero-order valence-electron chi connectivity index (χ0n) is 21.1. The van der Waals surface area contributed by atoms with Gasteiger partial charge in [0.1, 0.15) is 17.5 Å². The van der Waals surface area contributed by atoms with Crippen molar-refractivity contribution in [2.45, 2.75) is 31.3 Å².